The molecule has 1 rings (SSSR count). The highest BCUT2D eigenvalue weighted by Gasteiger charge is 2.15. The molecule has 4 nitrogen and oxygen atoms in total. The van der Waals surface area contributed by atoms with Crippen LogP contribution < -0.4 is 20.9 Å². The van der Waals surface area contributed by atoms with Crippen LogP contribution in [-0.2, 0) is 0 Å². The smallest absolute Gasteiger partial charge is 0.133 e. The van der Waals surface area contributed by atoms with E-state index in [0.717, 1.165) is 34.4 Å². The standard InChI is InChI=1S/C12H19BrN2O2.ClH/c1-16-11-7-9(13)12(17-2)6-8(11)10(15)4-3-5-14;/h6-7,10H,3-5,14-15H2,1-2H3;1H/t10-;/m0./s1. The number of nitrogens with two attached hydrogens (primary N) is 2. The van der Waals surface area contributed by atoms with Gasteiger partial charge < -0.3 is 20.9 Å². The van der Waals surface area contributed by atoms with Crippen LogP contribution in [0.4, 0.5) is 0 Å². The molecule has 0 spiro atoms. The van der Waals surface area contributed by atoms with Crippen molar-refractivity contribution in [1.29, 1.82) is 0 Å². The lowest BCUT2D eigenvalue weighted by atomic mass is 10.0. The molecule has 0 aliphatic heterocycles. The van der Waals surface area contributed by atoms with E-state index in [0.29, 0.717) is 6.54 Å². The fourth-order valence-corrected chi connectivity index (χ4v) is 2.15. The molecule has 1 atom stereocenters. The molecule has 0 saturated heterocycles. The molecule has 104 valence electrons. The minimum atomic E-state index is -0.0875. The maximum atomic E-state index is 6.12. The predicted octanol–water partition coefficient (Wildman–Crippen LogP) is 2.63. The van der Waals surface area contributed by atoms with E-state index in [1.165, 1.54) is 0 Å². The largest absolute Gasteiger partial charge is 0.496 e. The van der Waals surface area contributed by atoms with Crippen LogP contribution in [0.5, 0.6) is 11.5 Å². The predicted molar refractivity (Wildman–Crippen MR) is 79.7 cm³/mol. The second-order valence-electron chi connectivity index (χ2n) is 3.77. The van der Waals surface area contributed by atoms with Crippen molar-refractivity contribution in [3.8, 4) is 11.5 Å². The summed E-state index contributed by atoms with van der Waals surface area (Å²) in [4.78, 5) is 0. The molecule has 1 aromatic rings. The number of hydrogen-bond donors (Lipinski definition) is 2. The third kappa shape index (κ3) is 4.31. The van der Waals surface area contributed by atoms with Crippen LogP contribution in [0, 0.1) is 0 Å². The second-order valence-corrected chi connectivity index (χ2v) is 4.62. The zero-order chi connectivity index (χ0) is 12.8. The van der Waals surface area contributed by atoms with Gasteiger partial charge in [0.2, 0.25) is 0 Å². The fourth-order valence-electron chi connectivity index (χ4n) is 1.67. The summed E-state index contributed by atoms with van der Waals surface area (Å²) in [5.74, 6) is 1.52. The van der Waals surface area contributed by atoms with E-state index in [2.05, 4.69) is 15.9 Å². The van der Waals surface area contributed by atoms with Gasteiger partial charge in [-0.1, -0.05) is 0 Å². The summed E-state index contributed by atoms with van der Waals surface area (Å²) in [6, 6.07) is 3.69. The third-order valence-corrected chi connectivity index (χ3v) is 3.24. The van der Waals surface area contributed by atoms with Crippen molar-refractivity contribution < 1.29 is 9.47 Å². The maximum absolute atomic E-state index is 6.12. The van der Waals surface area contributed by atoms with Crippen molar-refractivity contribution in [2.45, 2.75) is 18.9 Å². The lowest BCUT2D eigenvalue weighted by molar-refractivity contribution is 0.391. The molecule has 0 aliphatic carbocycles. The molecule has 0 aromatic heterocycles. The second kappa shape index (κ2) is 8.58. The van der Waals surface area contributed by atoms with Gasteiger partial charge in [0, 0.05) is 11.6 Å². The van der Waals surface area contributed by atoms with Gasteiger partial charge >= 0.3 is 0 Å². The Morgan fingerprint density at radius 3 is 2.33 bits per heavy atom. The third-order valence-electron chi connectivity index (χ3n) is 2.62. The van der Waals surface area contributed by atoms with Gasteiger partial charge in [-0.3, -0.25) is 0 Å². The molecule has 6 heteroatoms. The molecular formula is C12H20BrClN2O2. The van der Waals surface area contributed by atoms with E-state index >= 15 is 0 Å². The fraction of sp³-hybridized carbons (Fsp3) is 0.500. The first kappa shape index (κ1) is 17.5. The molecule has 0 heterocycles. The first-order valence-electron chi connectivity index (χ1n) is 5.51. The topological polar surface area (TPSA) is 70.5 Å². The number of rotatable bonds is 6. The van der Waals surface area contributed by atoms with E-state index in [1.54, 1.807) is 14.2 Å². The van der Waals surface area contributed by atoms with Gasteiger partial charge in [0.15, 0.2) is 0 Å². The Balaban J connectivity index is 0.00000289. The monoisotopic (exact) mass is 338 g/mol. The van der Waals surface area contributed by atoms with Crippen LogP contribution in [-0.4, -0.2) is 20.8 Å². The number of halogens is 2. The summed E-state index contributed by atoms with van der Waals surface area (Å²) in [6.07, 6.45) is 1.72. The van der Waals surface area contributed by atoms with Gasteiger partial charge in [-0.2, -0.15) is 0 Å². The average molecular weight is 340 g/mol. The Morgan fingerprint density at radius 1 is 1.22 bits per heavy atom. The quantitative estimate of drug-likeness (QED) is 0.836. The van der Waals surface area contributed by atoms with Crippen molar-refractivity contribution in [3.05, 3.63) is 22.2 Å². The van der Waals surface area contributed by atoms with Gasteiger partial charge in [-0.05, 0) is 47.4 Å². The van der Waals surface area contributed by atoms with Crippen molar-refractivity contribution >= 4 is 28.3 Å². The average Bonchev–Trinajstić information content (AvgIpc) is 2.35. The molecule has 0 bridgehead atoms. The number of benzene rings is 1. The van der Waals surface area contributed by atoms with E-state index in [1.807, 2.05) is 12.1 Å². The Bertz CT molecular complexity index is 377. The van der Waals surface area contributed by atoms with Crippen molar-refractivity contribution in [1.82, 2.24) is 0 Å². The zero-order valence-electron chi connectivity index (χ0n) is 10.6. The minimum Gasteiger partial charge on any atom is -0.496 e. The molecule has 0 radical (unpaired) electrons. The summed E-state index contributed by atoms with van der Waals surface area (Å²) < 4.78 is 11.4. The molecule has 0 fully saturated rings. The van der Waals surface area contributed by atoms with Gasteiger partial charge in [-0.15, -0.1) is 12.4 Å². The highest BCUT2D eigenvalue weighted by molar-refractivity contribution is 9.10. The van der Waals surface area contributed by atoms with Crippen LogP contribution >= 0.6 is 28.3 Å². The Morgan fingerprint density at radius 2 is 1.83 bits per heavy atom. The summed E-state index contributed by atoms with van der Waals surface area (Å²) in [5.41, 5.74) is 12.6. The lowest BCUT2D eigenvalue weighted by Crippen LogP contribution is -2.14. The number of hydrogen-bond acceptors (Lipinski definition) is 4. The van der Waals surface area contributed by atoms with Crippen LogP contribution in [0.15, 0.2) is 16.6 Å². The lowest BCUT2D eigenvalue weighted by Gasteiger charge is -2.17. The first-order valence-corrected chi connectivity index (χ1v) is 6.30. The summed E-state index contributed by atoms with van der Waals surface area (Å²) in [5, 5.41) is 0. The molecular weight excluding hydrogens is 320 g/mol. The van der Waals surface area contributed by atoms with Crippen LogP contribution in [0.1, 0.15) is 24.4 Å². The molecule has 0 unspecified atom stereocenters. The highest BCUT2D eigenvalue weighted by Crippen LogP contribution is 2.36. The van der Waals surface area contributed by atoms with E-state index in [-0.39, 0.29) is 18.4 Å². The Hall–Kier alpha value is -0.490. The normalized spacial score (nSPS) is 11.6. The molecule has 0 aliphatic rings. The SMILES string of the molecule is COc1cc([C@@H](N)CCCN)c(OC)cc1Br.Cl. The molecule has 0 amide bonds. The van der Waals surface area contributed by atoms with Gasteiger partial charge in [-0.25, -0.2) is 0 Å². The summed E-state index contributed by atoms with van der Waals surface area (Å²) in [6.45, 7) is 0.643. The Labute approximate surface area is 123 Å². The van der Waals surface area contributed by atoms with Crippen LogP contribution in [0.3, 0.4) is 0 Å². The summed E-state index contributed by atoms with van der Waals surface area (Å²) >= 11 is 3.42. The zero-order valence-corrected chi connectivity index (χ0v) is 13.0. The molecule has 0 saturated carbocycles. The van der Waals surface area contributed by atoms with Gasteiger partial charge in [0.25, 0.3) is 0 Å². The molecule has 18 heavy (non-hydrogen) atoms. The van der Waals surface area contributed by atoms with E-state index < -0.39 is 0 Å². The van der Waals surface area contributed by atoms with Gasteiger partial charge in [0.1, 0.15) is 11.5 Å². The Kier molecular flexibility index (Phi) is 8.35. The van der Waals surface area contributed by atoms with Gasteiger partial charge in [0.05, 0.1) is 18.7 Å². The van der Waals surface area contributed by atoms with E-state index in [4.69, 9.17) is 20.9 Å². The number of methoxy groups -OCH3 is 2. The number of ether oxygens (including phenoxy) is 2. The minimum absolute atomic E-state index is 0. The van der Waals surface area contributed by atoms with Crippen LogP contribution in [0.25, 0.3) is 0 Å². The van der Waals surface area contributed by atoms with Crippen molar-refractivity contribution in [2.75, 3.05) is 20.8 Å². The highest BCUT2D eigenvalue weighted by atomic mass is 79.9. The first-order chi connectivity index (χ1) is 8.13. The molecule has 4 N–H and O–H groups in total. The van der Waals surface area contributed by atoms with Crippen molar-refractivity contribution in [3.63, 3.8) is 0 Å². The van der Waals surface area contributed by atoms with Crippen molar-refractivity contribution in [2.24, 2.45) is 11.5 Å². The van der Waals surface area contributed by atoms with E-state index in [9.17, 15) is 0 Å². The van der Waals surface area contributed by atoms with Crippen LogP contribution in [0.2, 0.25) is 0 Å². The maximum Gasteiger partial charge on any atom is 0.133 e. The molecule has 1 aromatic carbocycles. The summed E-state index contributed by atoms with van der Waals surface area (Å²) in [7, 11) is 3.26.